The van der Waals surface area contributed by atoms with Gasteiger partial charge in [0.1, 0.15) is 5.82 Å². The van der Waals surface area contributed by atoms with E-state index in [0.29, 0.717) is 6.54 Å². The molecule has 0 spiro atoms. The van der Waals surface area contributed by atoms with E-state index in [9.17, 15) is 9.18 Å². The van der Waals surface area contributed by atoms with Crippen molar-refractivity contribution in [2.45, 2.75) is 25.0 Å². The van der Waals surface area contributed by atoms with Crippen molar-refractivity contribution < 1.29 is 13.9 Å². The third kappa shape index (κ3) is 3.18. The van der Waals surface area contributed by atoms with Crippen molar-refractivity contribution in [1.29, 1.82) is 0 Å². The van der Waals surface area contributed by atoms with Gasteiger partial charge < -0.3 is 14.2 Å². The Morgan fingerprint density at radius 3 is 2.55 bits per heavy atom. The molecule has 0 bridgehead atoms. The first-order valence-corrected chi connectivity index (χ1v) is 11.5. The first-order chi connectivity index (χ1) is 16.1. The van der Waals surface area contributed by atoms with Crippen molar-refractivity contribution in [1.82, 2.24) is 9.47 Å². The number of amides is 1. The van der Waals surface area contributed by atoms with Gasteiger partial charge in [-0.05, 0) is 60.4 Å². The van der Waals surface area contributed by atoms with E-state index in [1.807, 2.05) is 54.4 Å². The molecule has 3 aromatic carbocycles. The lowest BCUT2D eigenvalue weighted by molar-refractivity contribution is 0.0501. The Balaban J connectivity index is 1.61. The van der Waals surface area contributed by atoms with E-state index < -0.39 is 0 Å². The third-order valence-electron chi connectivity index (χ3n) is 7.02. The molecule has 1 saturated heterocycles. The fraction of sp³-hybridized carbons (Fsp3) is 0.250. The molecule has 4 nitrogen and oxygen atoms in total. The number of carbonyl (C=O) groups is 1. The smallest absolute Gasteiger partial charge is 0.255 e. The zero-order chi connectivity index (χ0) is 22.5. The van der Waals surface area contributed by atoms with E-state index >= 15 is 0 Å². The Labute approximate surface area is 192 Å². The van der Waals surface area contributed by atoms with Crippen molar-refractivity contribution in [3.05, 3.63) is 95.3 Å². The maximum absolute atomic E-state index is 13.8. The molecule has 3 heterocycles. The Bertz CT molecular complexity index is 1350. The number of halogens is 1. The van der Waals surface area contributed by atoms with Crippen LogP contribution in [-0.4, -0.2) is 34.6 Å². The molecule has 6 rings (SSSR count). The third-order valence-corrected chi connectivity index (χ3v) is 7.02. The number of ether oxygens (including phenoxy) is 1. The standard InChI is InChI=1S/C28H25FN2O2/c1-30-24-11-5-4-10-23(24)25(26(30)18-12-14-19(29)15-13-18)27-21-8-2-3-9-22(21)28(32)31(27)17-20-7-6-16-33-20/h2-5,8-15,20,27H,6-7,16-17H2,1H3/t20-,27-/m0/s1. The van der Waals surface area contributed by atoms with Gasteiger partial charge in [0.15, 0.2) is 0 Å². The predicted molar refractivity (Wildman–Crippen MR) is 127 cm³/mol. The molecule has 0 radical (unpaired) electrons. The molecule has 1 amide bonds. The molecule has 0 aliphatic carbocycles. The van der Waals surface area contributed by atoms with E-state index in [-0.39, 0.29) is 23.9 Å². The van der Waals surface area contributed by atoms with Crippen molar-refractivity contribution in [3.8, 4) is 11.3 Å². The van der Waals surface area contributed by atoms with E-state index in [0.717, 1.165) is 58.3 Å². The molecule has 33 heavy (non-hydrogen) atoms. The lowest BCUT2D eigenvalue weighted by Gasteiger charge is -2.29. The zero-order valence-corrected chi connectivity index (χ0v) is 18.5. The van der Waals surface area contributed by atoms with Gasteiger partial charge in [-0.3, -0.25) is 4.79 Å². The first kappa shape index (κ1) is 20.2. The van der Waals surface area contributed by atoms with Gasteiger partial charge in [0.2, 0.25) is 0 Å². The van der Waals surface area contributed by atoms with Gasteiger partial charge in [-0.2, -0.15) is 0 Å². The van der Waals surface area contributed by atoms with Crippen LogP contribution in [0, 0.1) is 5.82 Å². The lowest BCUT2D eigenvalue weighted by atomic mass is 9.93. The number of rotatable bonds is 4. The van der Waals surface area contributed by atoms with Crippen LogP contribution in [0.3, 0.4) is 0 Å². The van der Waals surface area contributed by atoms with Gasteiger partial charge in [-0.25, -0.2) is 4.39 Å². The summed E-state index contributed by atoms with van der Waals surface area (Å²) >= 11 is 0. The SMILES string of the molecule is Cn1c(-c2ccc(F)cc2)c([C@@H]2c3ccccc3C(=O)N2C[C@@H]2CCCO2)c2ccccc21. The molecule has 0 saturated carbocycles. The highest BCUT2D eigenvalue weighted by Crippen LogP contribution is 2.46. The summed E-state index contributed by atoms with van der Waals surface area (Å²) < 4.78 is 21.9. The average Bonchev–Trinajstić information content (AvgIpc) is 3.52. The maximum Gasteiger partial charge on any atom is 0.255 e. The molecular weight excluding hydrogens is 415 g/mol. The van der Waals surface area contributed by atoms with Crippen LogP contribution >= 0.6 is 0 Å². The minimum Gasteiger partial charge on any atom is -0.376 e. The molecule has 2 atom stereocenters. The number of benzene rings is 3. The van der Waals surface area contributed by atoms with Gasteiger partial charge in [0, 0.05) is 42.2 Å². The number of nitrogens with zero attached hydrogens (tertiary/aromatic N) is 2. The van der Waals surface area contributed by atoms with Gasteiger partial charge in [-0.15, -0.1) is 0 Å². The Morgan fingerprint density at radius 2 is 1.76 bits per heavy atom. The summed E-state index contributed by atoms with van der Waals surface area (Å²) in [7, 11) is 2.04. The summed E-state index contributed by atoms with van der Waals surface area (Å²) in [6.07, 6.45) is 2.04. The van der Waals surface area contributed by atoms with Gasteiger partial charge in [0.25, 0.3) is 5.91 Å². The number of aromatic nitrogens is 1. The highest BCUT2D eigenvalue weighted by molar-refractivity contribution is 6.02. The number of hydrogen-bond acceptors (Lipinski definition) is 2. The summed E-state index contributed by atoms with van der Waals surface area (Å²) in [6, 6.07) is 22.6. The summed E-state index contributed by atoms with van der Waals surface area (Å²) in [6.45, 7) is 1.31. The van der Waals surface area contributed by atoms with Crippen LogP contribution < -0.4 is 0 Å². The van der Waals surface area contributed by atoms with Crippen LogP contribution in [0.4, 0.5) is 4.39 Å². The number of fused-ring (bicyclic) bond motifs is 2. The van der Waals surface area contributed by atoms with Gasteiger partial charge in [-0.1, -0.05) is 36.4 Å². The van der Waals surface area contributed by atoms with Crippen molar-refractivity contribution in [2.75, 3.05) is 13.2 Å². The lowest BCUT2D eigenvalue weighted by Crippen LogP contribution is -2.36. The summed E-state index contributed by atoms with van der Waals surface area (Å²) in [5, 5.41) is 1.10. The normalized spacial score (nSPS) is 20.1. The fourth-order valence-electron chi connectivity index (χ4n) is 5.53. The number of para-hydroxylation sites is 1. The molecular formula is C28H25FN2O2. The van der Waals surface area contributed by atoms with Crippen LogP contribution in [0.5, 0.6) is 0 Å². The molecule has 4 aromatic rings. The molecule has 1 fully saturated rings. The van der Waals surface area contributed by atoms with Crippen LogP contribution in [0.1, 0.15) is 40.4 Å². The Hall–Kier alpha value is -3.44. The second-order valence-electron chi connectivity index (χ2n) is 8.93. The highest BCUT2D eigenvalue weighted by Gasteiger charge is 2.41. The largest absolute Gasteiger partial charge is 0.376 e. The quantitative estimate of drug-likeness (QED) is 0.407. The van der Waals surface area contributed by atoms with E-state index in [1.54, 1.807) is 0 Å². The second-order valence-corrected chi connectivity index (χ2v) is 8.93. The average molecular weight is 441 g/mol. The first-order valence-electron chi connectivity index (χ1n) is 11.5. The van der Waals surface area contributed by atoms with Crippen LogP contribution in [0.25, 0.3) is 22.2 Å². The molecule has 0 unspecified atom stereocenters. The maximum atomic E-state index is 13.8. The van der Waals surface area contributed by atoms with Crippen LogP contribution in [0.15, 0.2) is 72.8 Å². The Morgan fingerprint density at radius 1 is 1.00 bits per heavy atom. The van der Waals surface area contributed by atoms with Crippen LogP contribution in [-0.2, 0) is 11.8 Å². The topological polar surface area (TPSA) is 34.5 Å². The molecule has 2 aliphatic heterocycles. The van der Waals surface area contributed by atoms with Crippen LogP contribution in [0.2, 0.25) is 0 Å². The van der Waals surface area contributed by atoms with Gasteiger partial charge in [0.05, 0.1) is 17.8 Å². The molecule has 0 N–H and O–H groups in total. The van der Waals surface area contributed by atoms with Crippen molar-refractivity contribution in [3.63, 3.8) is 0 Å². The summed E-state index contributed by atoms with van der Waals surface area (Å²) in [5.74, 6) is -0.218. The molecule has 2 aliphatic rings. The number of aryl methyl sites for hydroxylation is 1. The number of hydrogen-bond donors (Lipinski definition) is 0. The second kappa shape index (κ2) is 7.85. The molecule has 166 valence electrons. The molecule has 5 heteroatoms. The number of carbonyl (C=O) groups excluding carboxylic acids is 1. The van der Waals surface area contributed by atoms with E-state index in [1.165, 1.54) is 12.1 Å². The molecule has 1 aromatic heterocycles. The van der Waals surface area contributed by atoms with E-state index in [4.69, 9.17) is 4.74 Å². The highest BCUT2D eigenvalue weighted by atomic mass is 19.1. The fourth-order valence-corrected chi connectivity index (χ4v) is 5.53. The van der Waals surface area contributed by atoms with Gasteiger partial charge >= 0.3 is 0 Å². The monoisotopic (exact) mass is 440 g/mol. The van der Waals surface area contributed by atoms with Crippen molar-refractivity contribution in [2.24, 2.45) is 7.05 Å². The summed E-state index contributed by atoms with van der Waals surface area (Å²) in [5.41, 5.74) is 5.86. The van der Waals surface area contributed by atoms with E-state index in [2.05, 4.69) is 22.8 Å². The predicted octanol–water partition coefficient (Wildman–Crippen LogP) is 5.71. The Kier molecular flexibility index (Phi) is 4.80. The van der Waals surface area contributed by atoms with Crippen molar-refractivity contribution >= 4 is 16.8 Å². The minimum atomic E-state index is -0.263. The zero-order valence-electron chi connectivity index (χ0n) is 18.5. The minimum absolute atomic E-state index is 0.0455. The summed E-state index contributed by atoms with van der Waals surface area (Å²) in [4.78, 5) is 15.6.